The maximum Gasteiger partial charge on any atom is 0.239 e. The van der Waals surface area contributed by atoms with Crippen molar-refractivity contribution in [2.75, 3.05) is 17.6 Å². The van der Waals surface area contributed by atoms with Crippen molar-refractivity contribution in [3.05, 3.63) is 24.3 Å². The van der Waals surface area contributed by atoms with Crippen molar-refractivity contribution in [2.45, 2.75) is 19.9 Å². The Balaban J connectivity index is 2.44. The van der Waals surface area contributed by atoms with Gasteiger partial charge in [0.25, 0.3) is 0 Å². The molecule has 1 rings (SSSR count). The number of hydrogen-bond acceptors (Lipinski definition) is 3. The summed E-state index contributed by atoms with van der Waals surface area (Å²) >= 11 is 0. The first-order valence-corrected chi connectivity index (χ1v) is 4.97. The second-order valence-corrected chi connectivity index (χ2v) is 3.66. The fraction of sp³-hybridized carbons (Fsp3) is 0.364. The quantitative estimate of drug-likeness (QED) is 0.650. The van der Waals surface area contributed by atoms with Crippen LogP contribution in [0.3, 0.4) is 0 Å². The van der Waals surface area contributed by atoms with Crippen LogP contribution >= 0.6 is 0 Å². The predicted octanol–water partition coefficient (Wildman–Crippen LogP) is 1.21. The second-order valence-electron chi connectivity index (χ2n) is 3.66. The van der Waals surface area contributed by atoms with Gasteiger partial charge in [-0.3, -0.25) is 4.79 Å². The molecule has 0 unspecified atom stereocenters. The number of nitrogens with one attached hydrogen (secondary N) is 2. The van der Waals surface area contributed by atoms with Crippen molar-refractivity contribution in [3.63, 3.8) is 0 Å². The standard InChI is InChI=1S/C11H17N3O/c1-8(2)14-11(15)7-13-10-6-4-3-5-9(10)12/h3-6,8,13H,7,12H2,1-2H3,(H,14,15). The minimum absolute atomic E-state index is 0.0340. The van der Waals surface area contributed by atoms with E-state index in [0.717, 1.165) is 5.69 Å². The number of nitrogens with two attached hydrogens (primary N) is 1. The molecule has 4 nitrogen and oxygen atoms in total. The molecule has 0 atom stereocenters. The van der Waals surface area contributed by atoms with E-state index in [4.69, 9.17) is 5.73 Å². The van der Waals surface area contributed by atoms with Gasteiger partial charge in [0.2, 0.25) is 5.91 Å². The molecule has 1 aromatic rings. The lowest BCUT2D eigenvalue weighted by molar-refractivity contribution is -0.119. The van der Waals surface area contributed by atoms with E-state index in [1.165, 1.54) is 0 Å². The zero-order chi connectivity index (χ0) is 11.3. The first kappa shape index (κ1) is 11.4. The van der Waals surface area contributed by atoms with Crippen LogP contribution in [0.25, 0.3) is 0 Å². The summed E-state index contributed by atoms with van der Waals surface area (Å²) in [5.74, 6) is -0.0340. The van der Waals surface area contributed by atoms with Crippen LogP contribution in [0.5, 0.6) is 0 Å². The first-order chi connectivity index (χ1) is 7.09. The number of carbonyl (C=O) groups excluding carboxylic acids is 1. The molecule has 4 N–H and O–H groups in total. The van der Waals surface area contributed by atoms with Gasteiger partial charge < -0.3 is 16.4 Å². The maximum atomic E-state index is 11.3. The topological polar surface area (TPSA) is 67.2 Å². The number of benzene rings is 1. The van der Waals surface area contributed by atoms with E-state index in [1.54, 1.807) is 6.07 Å². The van der Waals surface area contributed by atoms with Gasteiger partial charge in [-0.2, -0.15) is 0 Å². The van der Waals surface area contributed by atoms with E-state index in [9.17, 15) is 4.79 Å². The minimum Gasteiger partial charge on any atom is -0.397 e. The van der Waals surface area contributed by atoms with E-state index < -0.39 is 0 Å². The molecule has 0 aliphatic carbocycles. The second kappa shape index (κ2) is 5.24. The molecule has 0 spiro atoms. The minimum atomic E-state index is -0.0340. The largest absolute Gasteiger partial charge is 0.397 e. The van der Waals surface area contributed by atoms with Crippen LogP contribution in [0.15, 0.2) is 24.3 Å². The summed E-state index contributed by atoms with van der Waals surface area (Å²) in [6, 6.07) is 7.53. The summed E-state index contributed by atoms with van der Waals surface area (Å²) in [4.78, 5) is 11.3. The number of anilines is 2. The molecule has 0 aliphatic rings. The Labute approximate surface area is 89.9 Å². The molecule has 0 saturated carbocycles. The van der Waals surface area contributed by atoms with Crippen molar-refractivity contribution < 1.29 is 4.79 Å². The highest BCUT2D eigenvalue weighted by Crippen LogP contribution is 2.15. The van der Waals surface area contributed by atoms with Crippen molar-refractivity contribution >= 4 is 17.3 Å². The van der Waals surface area contributed by atoms with Gasteiger partial charge in [0.15, 0.2) is 0 Å². The molecular formula is C11H17N3O. The highest BCUT2D eigenvalue weighted by Gasteiger charge is 2.03. The van der Waals surface area contributed by atoms with Gasteiger partial charge in [-0.15, -0.1) is 0 Å². The van der Waals surface area contributed by atoms with Crippen LogP contribution in [0.4, 0.5) is 11.4 Å². The monoisotopic (exact) mass is 207 g/mol. The highest BCUT2D eigenvalue weighted by molar-refractivity contribution is 5.82. The summed E-state index contributed by atoms with van der Waals surface area (Å²) in [5, 5.41) is 5.77. The summed E-state index contributed by atoms with van der Waals surface area (Å²) < 4.78 is 0. The van der Waals surface area contributed by atoms with Crippen LogP contribution in [0, 0.1) is 0 Å². The van der Waals surface area contributed by atoms with Crippen LogP contribution in [-0.4, -0.2) is 18.5 Å². The van der Waals surface area contributed by atoms with Gasteiger partial charge >= 0.3 is 0 Å². The molecule has 1 aromatic carbocycles. The van der Waals surface area contributed by atoms with Gasteiger partial charge in [-0.05, 0) is 26.0 Å². The van der Waals surface area contributed by atoms with E-state index in [0.29, 0.717) is 5.69 Å². The third-order valence-corrected chi connectivity index (χ3v) is 1.85. The van der Waals surface area contributed by atoms with E-state index in [2.05, 4.69) is 10.6 Å². The molecule has 15 heavy (non-hydrogen) atoms. The van der Waals surface area contributed by atoms with Crippen LogP contribution in [0.2, 0.25) is 0 Å². The van der Waals surface area contributed by atoms with E-state index in [1.807, 2.05) is 32.0 Å². The number of rotatable bonds is 4. The lowest BCUT2D eigenvalue weighted by Gasteiger charge is -2.11. The molecule has 0 radical (unpaired) electrons. The Morgan fingerprint density at radius 3 is 2.67 bits per heavy atom. The summed E-state index contributed by atoms with van der Waals surface area (Å²) in [7, 11) is 0. The number of para-hydroxylation sites is 2. The number of nitrogen functional groups attached to an aromatic ring is 1. The first-order valence-electron chi connectivity index (χ1n) is 4.97. The Kier molecular flexibility index (Phi) is 3.97. The number of hydrogen-bond donors (Lipinski definition) is 3. The van der Waals surface area contributed by atoms with Gasteiger partial charge in [0.1, 0.15) is 0 Å². The number of amides is 1. The molecule has 82 valence electrons. The molecular weight excluding hydrogens is 190 g/mol. The smallest absolute Gasteiger partial charge is 0.239 e. The van der Waals surface area contributed by atoms with Crippen molar-refractivity contribution in [3.8, 4) is 0 Å². The maximum absolute atomic E-state index is 11.3. The fourth-order valence-corrected chi connectivity index (χ4v) is 1.21. The third-order valence-electron chi connectivity index (χ3n) is 1.85. The Hall–Kier alpha value is -1.71. The van der Waals surface area contributed by atoms with Crippen LogP contribution < -0.4 is 16.4 Å². The van der Waals surface area contributed by atoms with E-state index in [-0.39, 0.29) is 18.5 Å². The molecule has 1 amide bonds. The van der Waals surface area contributed by atoms with Gasteiger partial charge in [-0.25, -0.2) is 0 Å². The van der Waals surface area contributed by atoms with Crippen molar-refractivity contribution in [2.24, 2.45) is 0 Å². The molecule has 0 heterocycles. The lowest BCUT2D eigenvalue weighted by Crippen LogP contribution is -2.34. The van der Waals surface area contributed by atoms with Crippen LogP contribution in [0.1, 0.15) is 13.8 Å². The molecule has 0 bridgehead atoms. The molecule has 0 aliphatic heterocycles. The number of carbonyl (C=O) groups is 1. The van der Waals surface area contributed by atoms with Crippen molar-refractivity contribution in [1.29, 1.82) is 0 Å². The van der Waals surface area contributed by atoms with E-state index >= 15 is 0 Å². The Bertz CT molecular complexity index is 336. The molecule has 4 heteroatoms. The zero-order valence-electron chi connectivity index (χ0n) is 9.08. The third kappa shape index (κ3) is 3.89. The Morgan fingerprint density at radius 1 is 1.40 bits per heavy atom. The zero-order valence-corrected chi connectivity index (χ0v) is 9.08. The van der Waals surface area contributed by atoms with Gasteiger partial charge in [0, 0.05) is 6.04 Å². The summed E-state index contributed by atoms with van der Waals surface area (Å²) in [5.41, 5.74) is 7.15. The molecule has 0 saturated heterocycles. The summed E-state index contributed by atoms with van der Waals surface area (Å²) in [6.07, 6.45) is 0. The molecule has 0 aromatic heterocycles. The summed E-state index contributed by atoms with van der Waals surface area (Å²) in [6.45, 7) is 4.09. The van der Waals surface area contributed by atoms with Gasteiger partial charge in [0.05, 0.1) is 17.9 Å². The lowest BCUT2D eigenvalue weighted by atomic mass is 10.2. The van der Waals surface area contributed by atoms with Crippen molar-refractivity contribution in [1.82, 2.24) is 5.32 Å². The van der Waals surface area contributed by atoms with Gasteiger partial charge in [-0.1, -0.05) is 12.1 Å². The van der Waals surface area contributed by atoms with Crippen LogP contribution in [-0.2, 0) is 4.79 Å². The Morgan fingerprint density at radius 2 is 2.07 bits per heavy atom. The predicted molar refractivity (Wildman–Crippen MR) is 62.6 cm³/mol. The SMILES string of the molecule is CC(C)NC(=O)CNc1ccccc1N. The average molecular weight is 207 g/mol. The average Bonchev–Trinajstić information content (AvgIpc) is 2.15. The normalized spacial score (nSPS) is 10.1. The molecule has 0 fully saturated rings. The fourth-order valence-electron chi connectivity index (χ4n) is 1.21. The highest BCUT2D eigenvalue weighted by atomic mass is 16.1.